The van der Waals surface area contributed by atoms with Crippen molar-refractivity contribution in [2.45, 2.75) is 31.9 Å². The van der Waals surface area contributed by atoms with E-state index in [0.29, 0.717) is 12.4 Å². The molecule has 1 aliphatic rings. The van der Waals surface area contributed by atoms with Gasteiger partial charge in [0, 0.05) is 19.0 Å². The number of rotatable bonds is 4. The molecule has 2 aromatic carbocycles. The highest BCUT2D eigenvalue weighted by Crippen LogP contribution is 2.39. The number of halogens is 3. The molecule has 3 rings (SSSR count). The van der Waals surface area contributed by atoms with Gasteiger partial charge in [-0.05, 0) is 32.0 Å². The normalized spacial score (nSPS) is 17.5. The smallest absolute Gasteiger partial charge is 0.243 e. The zero-order chi connectivity index (χ0) is 21.9. The standard InChI is InChI=1S/C21H23F3N4O2/c1-21(2)10-15(12-6-4-5-7-16(12)30-21)28-20(25-3)26-11-17(29)27-14-9-8-13(22)18(23)19(14)24/h4-9,15H,10-11H2,1-3H3,(H,27,29)(H2,25,26,28). The maximum absolute atomic E-state index is 13.7. The second kappa shape index (κ2) is 8.64. The summed E-state index contributed by atoms with van der Waals surface area (Å²) in [6.45, 7) is 3.71. The quantitative estimate of drug-likeness (QED) is 0.402. The minimum absolute atomic E-state index is 0.108. The Labute approximate surface area is 172 Å². The Morgan fingerprint density at radius 3 is 2.63 bits per heavy atom. The van der Waals surface area contributed by atoms with Crippen LogP contribution >= 0.6 is 0 Å². The van der Waals surface area contributed by atoms with E-state index in [9.17, 15) is 18.0 Å². The first-order valence-electron chi connectivity index (χ1n) is 9.38. The van der Waals surface area contributed by atoms with E-state index in [4.69, 9.17) is 4.74 Å². The molecule has 1 amide bonds. The second-order valence-corrected chi connectivity index (χ2v) is 7.50. The van der Waals surface area contributed by atoms with Crippen LogP contribution in [-0.2, 0) is 4.79 Å². The molecule has 3 N–H and O–H groups in total. The van der Waals surface area contributed by atoms with Gasteiger partial charge in [0.1, 0.15) is 11.4 Å². The van der Waals surface area contributed by atoms with Gasteiger partial charge >= 0.3 is 0 Å². The average molecular weight is 420 g/mol. The molecule has 0 radical (unpaired) electrons. The van der Waals surface area contributed by atoms with Gasteiger partial charge < -0.3 is 20.7 Å². The summed E-state index contributed by atoms with van der Waals surface area (Å²) < 4.78 is 46.0. The van der Waals surface area contributed by atoms with Crippen molar-refractivity contribution in [3.05, 3.63) is 59.4 Å². The van der Waals surface area contributed by atoms with Gasteiger partial charge in [0.05, 0.1) is 18.3 Å². The first-order valence-corrected chi connectivity index (χ1v) is 9.38. The van der Waals surface area contributed by atoms with Crippen LogP contribution < -0.4 is 20.7 Å². The molecule has 1 aliphatic heterocycles. The summed E-state index contributed by atoms with van der Waals surface area (Å²) in [7, 11) is 1.55. The highest BCUT2D eigenvalue weighted by molar-refractivity contribution is 5.95. The fourth-order valence-corrected chi connectivity index (χ4v) is 3.27. The zero-order valence-corrected chi connectivity index (χ0v) is 16.9. The Balaban J connectivity index is 1.63. The Kier molecular flexibility index (Phi) is 6.19. The number of carbonyl (C=O) groups is 1. The molecule has 160 valence electrons. The first-order chi connectivity index (χ1) is 14.2. The molecule has 1 unspecified atom stereocenters. The largest absolute Gasteiger partial charge is 0.487 e. The molecule has 1 atom stereocenters. The predicted molar refractivity (Wildman–Crippen MR) is 108 cm³/mol. The number of nitrogens with one attached hydrogen (secondary N) is 3. The van der Waals surface area contributed by atoms with Crippen molar-refractivity contribution in [3.63, 3.8) is 0 Å². The molecule has 0 saturated carbocycles. The molecule has 0 aliphatic carbocycles. The third-order valence-corrected chi connectivity index (χ3v) is 4.64. The second-order valence-electron chi connectivity index (χ2n) is 7.50. The lowest BCUT2D eigenvalue weighted by atomic mass is 9.90. The summed E-state index contributed by atoms with van der Waals surface area (Å²) in [4.78, 5) is 16.2. The van der Waals surface area contributed by atoms with Gasteiger partial charge in [-0.2, -0.15) is 0 Å². The van der Waals surface area contributed by atoms with Crippen LogP contribution in [0.5, 0.6) is 5.75 Å². The molecular formula is C21H23F3N4O2. The highest BCUT2D eigenvalue weighted by Gasteiger charge is 2.34. The number of ether oxygens (including phenoxy) is 1. The van der Waals surface area contributed by atoms with Gasteiger partial charge in [-0.25, -0.2) is 13.2 Å². The SMILES string of the molecule is CN=C(NCC(=O)Nc1ccc(F)c(F)c1F)NC1CC(C)(C)Oc2ccccc21. The fraction of sp³-hybridized carbons (Fsp3) is 0.333. The Morgan fingerprint density at radius 1 is 1.17 bits per heavy atom. The highest BCUT2D eigenvalue weighted by atomic mass is 19.2. The summed E-state index contributed by atoms with van der Waals surface area (Å²) in [5, 5.41) is 8.30. The summed E-state index contributed by atoms with van der Waals surface area (Å²) in [5.74, 6) is -3.93. The number of hydrogen-bond donors (Lipinski definition) is 3. The van der Waals surface area contributed by atoms with Crippen LogP contribution in [0, 0.1) is 17.5 Å². The molecule has 0 spiro atoms. The van der Waals surface area contributed by atoms with Crippen molar-refractivity contribution in [3.8, 4) is 5.75 Å². The van der Waals surface area contributed by atoms with Gasteiger partial charge in [-0.3, -0.25) is 9.79 Å². The van der Waals surface area contributed by atoms with Crippen LogP contribution in [0.1, 0.15) is 31.9 Å². The van der Waals surface area contributed by atoms with Crippen LogP contribution in [0.2, 0.25) is 0 Å². The van der Waals surface area contributed by atoms with Crippen molar-refractivity contribution < 1.29 is 22.7 Å². The summed E-state index contributed by atoms with van der Waals surface area (Å²) in [5.41, 5.74) is 0.128. The minimum Gasteiger partial charge on any atom is -0.487 e. The maximum Gasteiger partial charge on any atom is 0.243 e. The Morgan fingerprint density at radius 2 is 1.90 bits per heavy atom. The van der Waals surface area contributed by atoms with Crippen LogP contribution in [0.4, 0.5) is 18.9 Å². The number of fused-ring (bicyclic) bond motifs is 1. The number of benzene rings is 2. The van der Waals surface area contributed by atoms with Gasteiger partial charge in [0.2, 0.25) is 5.91 Å². The van der Waals surface area contributed by atoms with E-state index in [-0.39, 0.29) is 12.6 Å². The lowest BCUT2D eigenvalue weighted by Gasteiger charge is -2.38. The minimum atomic E-state index is -1.64. The number of aliphatic imine (C=N–C) groups is 1. The molecule has 9 heteroatoms. The van der Waals surface area contributed by atoms with E-state index in [0.717, 1.165) is 23.4 Å². The van der Waals surface area contributed by atoms with Crippen LogP contribution in [-0.4, -0.2) is 31.1 Å². The molecule has 6 nitrogen and oxygen atoms in total. The van der Waals surface area contributed by atoms with E-state index in [1.54, 1.807) is 7.05 Å². The van der Waals surface area contributed by atoms with E-state index >= 15 is 0 Å². The van der Waals surface area contributed by atoms with Crippen molar-refractivity contribution in [1.29, 1.82) is 0 Å². The first kappa shape index (κ1) is 21.5. The Hall–Kier alpha value is -3.23. The Bertz CT molecular complexity index is 979. The number of guanidine groups is 1. The van der Waals surface area contributed by atoms with E-state index in [2.05, 4.69) is 20.9 Å². The number of nitrogens with zero attached hydrogens (tertiary/aromatic N) is 1. The van der Waals surface area contributed by atoms with Crippen molar-refractivity contribution in [1.82, 2.24) is 10.6 Å². The van der Waals surface area contributed by atoms with Crippen molar-refractivity contribution >= 4 is 17.6 Å². The molecule has 30 heavy (non-hydrogen) atoms. The van der Waals surface area contributed by atoms with E-state index in [1.807, 2.05) is 38.1 Å². The van der Waals surface area contributed by atoms with Gasteiger partial charge in [0.15, 0.2) is 23.4 Å². The number of anilines is 1. The van der Waals surface area contributed by atoms with Crippen LogP contribution in [0.15, 0.2) is 41.4 Å². The van der Waals surface area contributed by atoms with Gasteiger partial charge in [-0.1, -0.05) is 18.2 Å². The molecule has 0 aromatic heterocycles. The van der Waals surface area contributed by atoms with E-state index < -0.39 is 34.6 Å². The number of amides is 1. The monoisotopic (exact) mass is 420 g/mol. The molecule has 2 aromatic rings. The van der Waals surface area contributed by atoms with E-state index in [1.165, 1.54) is 0 Å². The van der Waals surface area contributed by atoms with Crippen LogP contribution in [0.25, 0.3) is 0 Å². The van der Waals surface area contributed by atoms with Crippen molar-refractivity contribution in [2.24, 2.45) is 4.99 Å². The molecule has 0 fully saturated rings. The van der Waals surface area contributed by atoms with Crippen molar-refractivity contribution in [2.75, 3.05) is 18.9 Å². The summed E-state index contributed by atoms with van der Waals surface area (Å²) in [6.07, 6.45) is 0.664. The molecular weight excluding hydrogens is 397 g/mol. The lowest BCUT2D eigenvalue weighted by Crippen LogP contribution is -2.46. The molecule has 0 bridgehead atoms. The zero-order valence-electron chi connectivity index (χ0n) is 16.9. The summed E-state index contributed by atoms with van der Waals surface area (Å²) in [6, 6.07) is 9.25. The third-order valence-electron chi connectivity index (χ3n) is 4.64. The third kappa shape index (κ3) is 4.84. The summed E-state index contributed by atoms with van der Waals surface area (Å²) >= 11 is 0. The van der Waals surface area contributed by atoms with Gasteiger partial charge in [-0.15, -0.1) is 0 Å². The molecule has 0 saturated heterocycles. The topological polar surface area (TPSA) is 74.8 Å². The predicted octanol–water partition coefficient (Wildman–Crippen LogP) is 3.51. The lowest BCUT2D eigenvalue weighted by molar-refractivity contribution is -0.115. The maximum atomic E-state index is 13.7. The van der Waals surface area contributed by atoms with Gasteiger partial charge in [0.25, 0.3) is 0 Å². The number of carbonyl (C=O) groups excluding carboxylic acids is 1. The number of hydrogen-bond acceptors (Lipinski definition) is 3. The molecule has 1 heterocycles. The number of para-hydroxylation sites is 1. The average Bonchev–Trinajstić information content (AvgIpc) is 2.70. The fourth-order valence-electron chi connectivity index (χ4n) is 3.27. The van der Waals surface area contributed by atoms with Crippen LogP contribution in [0.3, 0.4) is 0 Å².